The number of carbonyl (C=O) groups is 1. The Labute approximate surface area is 73.6 Å². The first-order chi connectivity index (χ1) is 5.72. The van der Waals surface area contributed by atoms with Crippen LogP contribution in [0.15, 0.2) is 12.2 Å². The highest BCUT2D eigenvalue weighted by atomic mass is 16.5. The monoisotopic (exact) mass is 168 g/mol. The molecule has 0 heterocycles. The molecule has 0 aliphatic heterocycles. The Bertz CT molecular complexity index is 196. The molecule has 3 unspecified atom stereocenters. The lowest BCUT2D eigenvalue weighted by atomic mass is 10.3. The molecule has 0 aromatic carbocycles. The summed E-state index contributed by atoms with van der Waals surface area (Å²) >= 11 is 0. The quantitative estimate of drug-likeness (QED) is 0.476. The average Bonchev–Trinajstić information content (AvgIpc) is 2.63. The molecule has 3 atom stereocenters. The Balaban J connectivity index is 2.41. The van der Waals surface area contributed by atoms with Crippen molar-refractivity contribution < 1.29 is 9.53 Å². The number of rotatable bonds is 3. The molecule has 1 aliphatic carbocycles. The Morgan fingerprint density at radius 2 is 2.25 bits per heavy atom. The van der Waals surface area contributed by atoms with E-state index in [1.54, 1.807) is 0 Å². The standard InChI is InChI=1S/C10H16O2/c1-4-6-8-7(3)9(8)10(11)12-5-2/h4,6-9H,5H2,1-3H3/b6-4+. The molecule has 2 nitrogen and oxygen atoms in total. The second-order valence-corrected chi connectivity index (χ2v) is 3.24. The van der Waals surface area contributed by atoms with Crippen LogP contribution in [0.5, 0.6) is 0 Å². The van der Waals surface area contributed by atoms with E-state index in [0.29, 0.717) is 18.4 Å². The van der Waals surface area contributed by atoms with Gasteiger partial charge in [0.2, 0.25) is 0 Å². The Morgan fingerprint density at radius 1 is 1.58 bits per heavy atom. The van der Waals surface area contributed by atoms with Gasteiger partial charge in [-0.1, -0.05) is 19.1 Å². The van der Waals surface area contributed by atoms with Gasteiger partial charge in [0.05, 0.1) is 12.5 Å². The number of ether oxygens (including phenoxy) is 1. The van der Waals surface area contributed by atoms with Gasteiger partial charge in [0.1, 0.15) is 0 Å². The molecule has 0 aromatic heterocycles. The van der Waals surface area contributed by atoms with Crippen molar-refractivity contribution >= 4 is 5.97 Å². The highest BCUT2D eigenvalue weighted by Crippen LogP contribution is 2.47. The summed E-state index contributed by atoms with van der Waals surface area (Å²) in [7, 11) is 0. The number of esters is 1. The fourth-order valence-electron chi connectivity index (χ4n) is 1.62. The minimum absolute atomic E-state index is 0.0342. The lowest BCUT2D eigenvalue weighted by Gasteiger charge is -1.97. The van der Waals surface area contributed by atoms with E-state index in [9.17, 15) is 4.79 Å². The molecule has 0 N–H and O–H groups in total. The molecule has 0 radical (unpaired) electrons. The van der Waals surface area contributed by atoms with E-state index in [-0.39, 0.29) is 11.9 Å². The Kier molecular flexibility index (Phi) is 2.90. The van der Waals surface area contributed by atoms with E-state index < -0.39 is 0 Å². The van der Waals surface area contributed by atoms with Gasteiger partial charge in [-0.05, 0) is 25.7 Å². The summed E-state index contributed by atoms with van der Waals surface area (Å²) in [5.74, 6) is 0.989. The smallest absolute Gasteiger partial charge is 0.309 e. The summed E-state index contributed by atoms with van der Waals surface area (Å²) in [6.45, 7) is 6.40. The molecule has 1 saturated carbocycles. The molecule has 0 aromatic rings. The van der Waals surface area contributed by atoms with Gasteiger partial charge in [-0.15, -0.1) is 0 Å². The zero-order chi connectivity index (χ0) is 9.14. The number of allylic oxidation sites excluding steroid dienone is 2. The third-order valence-corrected chi connectivity index (χ3v) is 2.42. The van der Waals surface area contributed by atoms with Gasteiger partial charge < -0.3 is 4.74 Å². The van der Waals surface area contributed by atoms with Crippen LogP contribution in [0.1, 0.15) is 20.8 Å². The molecule has 0 spiro atoms. The Morgan fingerprint density at radius 3 is 2.75 bits per heavy atom. The minimum atomic E-state index is -0.0342. The van der Waals surface area contributed by atoms with Crippen molar-refractivity contribution in [2.24, 2.45) is 17.8 Å². The fourth-order valence-corrected chi connectivity index (χ4v) is 1.62. The maximum atomic E-state index is 11.2. The van der Waals surface area contributed by atoms with E-state index in [1.807, 2.05) is 19.9 Å². The number of hydrogen-bond donors (Lipinski definition) is 0. The summed E-state index contributed by atoms with van der Waals surface area (Å²) in [6, 6.07) is 0. The summed E-state index contributed by atoms with van der Waals surface area (Å²) < 4.78 is 4.94. The van der Waals surface area contributed by atoms with Gasteiger partial charge in [0, 0.05) is 0 Å². The lowest BCUT2D eigenvalue weighted by molar-refractivity contribution is -0.145. The summed E-state index contributed by atoms with van der Waals surface area (Å²) in [6.07, 6.45) is 4.09. The van der Waals surface area contributed by atoms with Crippen LogP contribution in [-0.4, -0.2) is 12.6 Å². The van der Waals surface area contributed by atoms with Crippen molar-refractivity contribution in [3.05, 3.63) is 12.2 Å². The molecule has 1 aliphatic rings. The van der Waals surface area contributed by atoms with Gasteiger partial charge >= 0.3 is 5.97 Å². The maximum absolute atomic E-state index is 11.2. The van der Waals surface area contributed by atoms with Crippen molar-refractivity contribution in [1.82, 2.24) is 0 Å². The Hall–Kier alpha value is -0.790. The van der Waals surface area contributed by atoms with Crippen LogP contribution < -0.4 is 0 Å². The van der Waals surface area contributed by atoms with Gasteiger partial charge in [0.25, 0.3) is 0 Å². The van der Waals surface area contributed by atoms with E-state index in [2.05, 4.69) is 13.0 Å². The second kappa shape index (κ2) is 3.74. The summed E-state index contributed by atoms with van der Waals surface area (Å²) in [5.41, 5.74) is 0. The molecule has 2 heteroatoms. The van der Waals surface area contributed by atoms with Crippen molar-refractivity contribution in [3.63, 3.8) is 0 Å². The molecule has 68 valence electrons. The molecule has 0 amide bonds. The number of hydrogen-bond acceptors (Lipinski definition) is 2. The summed E-state index contributed by atoms with van der Waals surface area (Å²) in [4.78, 5) is 11.2. The fraction of sp³-hybridized carbons (Fsp3) is 0.700. The van der Waals surface area contributed by atoms with Crippen molar-refractivity contribution in [2.75, 3.05) is 6.61 Å². The van der Waals surface area contributed by atoms with Crippen molar-refractivity contribution in [2.45, 2.75) is 20.8 Å². The van der Waals surface area contributed by atoms with Crippen LogP contribution in [0.2, 0.25) is 0 Å². The average molecular weight is 168 g/mol. The lowest BCUT2D eigenvalue weighted by Crippen LogP contribution is -2.07. The van der Waals surface area contributed by atoms with E-state index in [1.165, 1.54) is 0 Å². The molecule has 1 rings (SSSR count). The van der Waals surface area contributed by atoms with Crippen LogP contribution in [-0.2, 0) is 9.53 Å². The first-order valence-corrected chi connectivity index (χ1v) is 4.51. The molecule has 12 heavy (non-hydrogen) atoms. The molecular formula is C10H16O2. The van der Waals surface area contributed by atoms with Gasteiger partial charge in [-0.25, -0.2) is 0 Å². The highest BCUT2D eigenvalue weighted by Gasteiger charge is 2.50. The molecular weight excluding hydrogens is 152 g/mol. The summed E-state index contributed by atoms with van der Waals surface area (Å²) in [5, 5.41) is 0. The molecule has 0 bridgehead atoms. The SMILES string of the molecule is C/C=C/C1C(C)C1C(=O)OCC. The first-order valence-electron chi connectivity index (χ1n) is 4.51. The van der Waals surface area contributed by atoms with Crippen LogP contribution >= 0.6 is 0 Å². The third-order valence-electron chi connectivity index (χ3n) is 2.42. The van der Waals surface area contributed by atoms with Crippen molar-refractivity contribution in [1.29, 1.82) is 0 Å². The highest BCUT2D eigenvalue weighted by molar-refractivity contribution is 5.76. The zero-order valence-corrected chi connectivity index (χ0v) is 7.91. The zero-order valence-electron chi connectivity index (χ0n) is 7.91. The van der Waals surface area contributed by atoms with E-state index in [4.69, 9.17) is 4.74 Å². The van der Waals surface area contributed by atoms with Gasteiger partial charge in [-0.2, -0.15) is 0 Å². The van der Waals surface area contributed by atoms with E-state index >= 15 is 0 Å². The maximum Gasteiger partial charge on any atom is 0.309 e. The van der Waals surface area contributed by atoms with E-state index in [0.717, 1.165) is 0 Å². The molecule has 1 fully saturated rings. The second-order valence-electron chi connectivity index (χ2n) is 3.24. The first kappa shape index (κ1) is 9.30. The third kappa shape index (κ3) is 1.68. The predicted octanol–water partition coefficient (Wildman–Crippen LogP) is 2.01. The van der Waals surface area contributed by atoms with Gasteiger partial charge in [-0.3, -0.25) is 4.79 Å². The van der Waals surface area contributed by atoms with Crippen molar-refractivity contribution in [3.8, 4) is 0 Å². The topological polar surface area (TPSA) is 26.3 Å². The van der Waals surface area contributed by atoms with Crippen LogP contribution in [0.3, 0.4) is 0 Å². The molecule has 0 saturated heterocycles. The number of carbonyl (C=O) groups excluding carboxylic acids is 1. The predicted molar refractivity (Wildman–Crippen MR) is 47.6 cm³/mol. The minimum Gasteiger partial charge on any atom is -0.466 e. The normalized spacial score (nSPS) is 33.8. The van der Waals surface area contributed by atoms with Crippen LogP contribution in [0.4, 0.5) is 0 Å². The van der Waals surface area contributed by atoms with Crippen LogP contribution in [0.25, 0.3) is 0 Å². The largest absolute Gasteiger partial charge is 0.466 e. The van der Waals surface area contributed by atoms with Gasteiger partial charge in [0.15, 0.2) is 0 Å². The van der Waals surface area contributed by atoms with Crippen LogP contribution in [0, 0.1) is 17.8 Å².